The van der Waals surface area contributed by atoms with Crippen LogP contribution >= 0.6 is 0 Å². The normalized spacial score (nSPS) is 10.9. The van der Waals surface area contributed by atoms with E-state index in [2.05, 4.69) is 5.10 Å². The molecule has 4 nitrogen and oxygen atoms in total. The standard InChI is InChI=1S/C8H10F2N2O2/c1-2-12-4-5(8(13)14)6(11-12)3-7(9)10/h4,7H,2-3H2,1H3,(H,13,14). The molecule has 1 N–H and O–H groups in total. The van der Waals surface area contributed by atoms with Gasteiger partial charge in [-0.15, -0.1) is 0 Å². The third kappa shape index (κ3) is 2.27. The van der Waals surface area contributed by atoms with Crippen LogP contribution in [-0.4, -0.2) is 27.3 Å². The number of halogens is 2. The van der Waals surface area contributed by atoms with Gasteiger partial charge in [0.2, 0.25) is 6.43 Å². The van der Waals surface area contributed by atoms with Crippen LogP contribution in [0.3, 0.4) is 0 Å². The number of hydrogen-bond acceptors (Lipinski definition) is 2. The van der Waals surface area contributed by atoms with Gasteiger partial charge >= 0.3 is 5.97 Å². The number of carboxylic acid groups (broad SMARTS) is 1. The molecule has 0 radical (unpaired) electrons. The van der Waals surface area contributed by atoms with Gasteiger partial charge < -0.3 is 5.11 Å². The van der Waals surface area contributed by atoms with Gasteiger partial charge in [0.1, 0.15) is 5.56 Å². The van der Waals surface area contributed by atoms with E-state index in [-0.39, 0.29) is 11.3 Å². The fourth-order valence-electron chi connectivity index (χ4n) is 1.10. The van der Waals surface area contributed by atoms with Crippen LogP contribution in [0.15, 0.2) is 6.20 Å². The second-order valence-corrected chi connectivity index (χ2v) is 2.75. The van der Waals surface area contributed by atoms with Crippen molar-refractivity contribution in [3.05, 3.63) is 17.5 Å². The van der Waals surface area contributed by atoms with Crippen LogP contribution in [0.5, 0.6) is 0 Å². The van der Waals surface area contributed by atoms with Gasteiger partial charge in [-0.05, 0) is 6.92 Å². The van der Waals surface area contributed by atoms with Crippen molar-refractivity contribution in [1.29, 1.82) is 0 Å². The van der Waals surface area contributed by atoms with Crippen LogP contribution < -0.4 is 0 Å². The maximum Gasteiger partial charge on any atom is 0.339 e. The molecule has 0 fully saturated rings. The molecule has 14 heavy (non-hydrogen) atoms. The largest absolute Gasteiger partial charge is 0.478 e. The number of aromatic nitrogens is 2. The Morgan fingerprint density at radius 1 is 1.71 bits per heavy atom. The Hall–Kier alpha value is -1.46. The molecular weight excluding hydrogens is 194 g/mol. The number of aryl methyl sites for hydroxylation is 1. The molecule has 0 unspecified atom stereocenters. The summed E-state index contributed by atoms with van der Waals surface area (Å²) in [5.74, 6) is -1.22. The fourth-order valence-corrected chi connectivity index (χ4v) is 1.10. The van der Waals surface area contributed by atoms with Gasteiger partial charge in [0.25, 0.3) is 0 Å². The zero-order valence-corrected chi connectivity index (χ0v) is 7.57. The smallest absolute Gasteiger partial charge is 0.339 e. The Kier molecular flexibility index (Phi) is 3.16. The van der Waals surface area contributed by atoms with Crippen molar-refractivity contribution in [2.24, 2.45) is 0 Å². The molecule has 0 spiro atoms. The van der Waals surface area contributed by atoms with Gasteiger partial charge in [0, 0.05) is 12.7 Å². The van der Waals surface area contributed by atoms with Crippen LogP contribution in [0.1, 0.15) is 23.0 Å². The van der Waals surface area contributed by atoms with E-state index in [0.717, 1.165) is 0 Å². The van der Waals surface area contributed by atoms with Crippen LogP contribution in [0.25, 0.3) is 0 Å². The summed E-state index contributed by atoms with van der Waals surface area (Å²) in [5, 5.41) is 12.4. The Morgan fingerprint density at radius 3 is 2.79 bits per heavy atom. The number of hydrogen-bond donors (Lipinski definition) is 1. The highest BCUT2D eigenvalue weighted by Crippen LogP contribution is 2.11. The van der Waals surface area contributed by atoms with Gasteiger partial charge in [-0.3, -0.25) is 4.68 Å². The van der Waals surface area contributed by atoms with Gasteiger partial charge in [-0.25, -0.2) is 13.6 Å². The molecule has 1 heterocycles. The lowest BCUT2D eigenvalue weighted by Gasteiger charge is -1.96. The molecule has 6 heteroatoms. The molecule has 0 aliphatic rings. The molecule has 0 aliphatic carbocycles. The second kappa shape index (κ2) is 4.17. The Bertz CT molecular complexity index is 336. The van der Waals surface area contributed by atoms with E-state index in [9.17, 15) is 13.6 Å². The van der Waals surface area contributed by atoms with Gasteiger partial charge in [0.15, 0.2) is 0 Å². The Labute approximate surface area is 79.2 Å². The number of alkyl halides is 2. The lowest BCUT2D eigenvalue weighted by molar-refractivity contribution is 0.0694. The van der Waals surface area contributed by atoms with Crippen molar-refractivity contribution in [1.82, 2.24) is 9.78 Å². The topological polar surface area (TPSA) is 55.1 Å². The zero-order chi connectivity index (χ0) is 10.7. The third-order valence-electron chi connectivity index (χ3n) is 1.74. The first kappa shape index (κ1) is 10.6. The maximum absolute atomic E-state index is 12.0. The minimum atomic E-state index is -2.58. The summed E-state index contributed by atoms with van der Waals surface area (Å²) in [5.41, 5.74) is -0.207. The highest BCUT2D eigenvalue weighted by Gasteiger charge is 2.18. The van der Waals surface area contributed by atoms with E-state index in [1.165, 1.54) is 10.9 Å². The lowest BCUT2D eigenvalue weighted by Crippen LogP contribution is -2.05. The predicted molar refractivity (Wildman–Crippen MR) is 44.6 cm³/mol. The molecule has 78 valence electrons. The van der Waals surface area contributed by atoms with E-state index < -0.39 is 18.8 Å². The van der Waals surface area contributed by atoms with Crippen molar-refractivity contribution >= 4 is 5.97 Å². The minimum absolute atomic E-state index is 0.0608. The van der Waals surface area contributed by atoms with Crippen LogP contribution in [0.4, 0.5) is 8.78 Å². The summed E-state index contributed by atoms with van der Waals surface area (Å²) in [7, 11) is 0. The van der Waals surface area contributed by atoms with E-state index in [1.54, 1.807) is 6.92 Å². The quantitative estimate of drug-likeness (QED) is 0.806. The highest BCUT2D eigenvalue weighted by atomic mass is 19.3. The molecule has 1 aromatic rings. The Morgan fingerprint density at radius 2 is 2.36 bits per heavy atom. The van der Waals surface area contributed by atoms with E-state index in [1.807, 2.05) is 0 Å². The summed E-state index contributed by atoms with van der Waals surface area (Å²) in [6.07, 6.45) is -1.93. The van der Waals surface area contributed by atoms with Crippen molar-refractivity contribution in [2.75, 3.05) is 0 Å². The van der Waals surface area contributed by atoms with Crippen molar-refractivity contribution in [3.63, 3.8) is 0 Å². The van der Waals surface area contributed by atoms with E-state index in [0.29, 0.717) is 6.54 Å². The summed E-state index contributed by atoms with van der Waals surface area (Å²) >= 11 is 0. The van der Waals surface area contributed by atoms with Crippen LogP contribution in [0.2, 0.25) is 0 Å². The first-order valence-electron chi connectivity index (χ1n) is 4.12. The van der Waals surface area contributed by atoms with Crippen molar-refractivity contribution in [2.45, 2.75) is 26.3 Å². The summed E-state index contributed by atoms with van der Waals surface area (Å²) < 4.78 is 25.4. The van der Waals surface area contributed by atoms with Gasteiger partial charge in [0.05, 0.1) is 12.1 Å². The first-order valence-corrected chi connectivity index (χ1v) is 4.12. The minimum Gasteiger partial charge on any atom is -0.478 e. The molecule has 0 amide bonds. The monoisotopic (exact) mass is 204 g/mol. The molecule has 0 saturated heterocycles. The number of aromatic carboxylic acids is 1. The SMILES string of the molecule is CCn1cc(C(=O)O)c(CC(F)F)n1. The number of nitrogens with zero attached hydrogens (tertiary/aromatic N) is 2. The van der Waals surface area contributed by atoms with Gasteiger partial charge in [-0.1, -0.05) is 0 Å². The average molecular weight is 204 g/mol. The molecule has 0 aromatic carbocycles. The summed E-state index contributed by atoms with van der Waals surface area (Å²) in [4.78, 5) is 10.6. The molecule has 0 atom stereocenters. The van der Waals surface area contributed by atoms with E-state index in [4.69, 9.17) is 5.11 Å². The maximum atomic E-state index is 12.0. The van der Waals surface area contributed by atoms with Crippen molar-refractivity contribution in [3.8, 4) is 0 Å². The highest BCUT2D eigenvalue weighted by molar-refractivity contribution is 5.88. The first-order chi connectivity index (χ1) is 6.54. The molecule has 0 bridgehead atoms. The number of carbonyl (C=O) groups is 1. The summed E-state index contributed by atoms with van der Waals surface area (Å²) in [6, 6.07) is 0. The fraction of sp³-hybridized carbons (Fsp3) is 0.500. The van der Waals surface area contributed by atoms with Crippen LogP contribution in [-0.2, 0) is 13.0 Å². The Balaban J connectivity index is 2.99. The van der Waals surface area contributed by atoms with Crippen LogP contribution in [0, 0.1) is 0 Å². The zero-order valence-electron chi connectivity index (χ0n) is 7.57. The molecule has 1 aromatic heterocycles. The predicted octanol–water partition coefficient (Wildman–Crippen LogP) is 1.41. The molecule has 0 saturated carbocycles. The summed E-state index contributed by atoms with van der Waals surface area (Å²) in [6.45, 7) is 2.22. The average Bonchev–Trinajstić information content (AvgIpc) is 2.46. The van der Waals surface area contributed by atoms with Crippen molar-refractivity contribution < 1.29 is 18.7 Å². The third-order valence-corrected chi connectivity index (χ3v) is 1.74. The number of carboxylic acids is 1. The molecule has 0 aliphatic heterocycles. The lowest BCUT2D eigenvalue weighted by atomic mass is 10.2. The molecule has 1 rings (SSSR count). The molecular formula is C8H10F2N2O2. The van der Waals surface area contributed by atoms with Gasteiger partial charge in [-0.2, -0.15) is 5.10 Å². The van der Waals surface area contributed by atoms with E-state index >= 15 is 0 Å². The number of rotatable bonds is 4. The second-order valence-electron chi connectivity index (χ2n) is 2.75.